The summed E-state index contributed by atoms with van der Waals surface area (Å²) in [5.74, 6) is 0. The van der Waals surface area contributed by atoms with E-state index in [-0.39, 0.29) is 0 Å². The number of halogens is 2. The molecule has 2 nitrogen and oxygen atoms in total. The van der Waals surface area contributed by atoms with Crippen LogP contribution in [-0.2, 0) is 4.53 Å². The molecule has 0 spiro atoms. The molecule has 0 aromatic carbocycles. The van der Waals surface area contributed by atoms with E-state index >= 15 is 0 Å². The van der Waals surface area contributed by atoms with Crippen molar-refractivity contribution in [1.82, 2.24) is 5.15 Å². The van der Waals surface area contributed by atoms with Gasteiger partial charge < -0.3 is 4.53 Å². The van der Waals surface area contributed by atoms with Gasteiger partial charge in [-0.15, -0.1) is 0 Å². The van der Waals surface area contributed by atoms with Crippen LogP contribution >= 0.6 is 0 Å². The normalized spacial score (nSPS) is 14.8. The van der Waals surface area contributed by atoms with Crippen LogP contribution in [0, 0.1) is 0 Å². The third-order valence-corrected chi connectivity index (χ3v) is 4.59. The molecule has 1 N–H and O–H groups in total. The van der Waals surface area contributed by atoms with Crippen molar-refractivity contribution in [3.8, 4) is 0 Å². The van der Waals surface area contributed by atoms with Crippen LogP contribution in [0.4, 0.5) is 8.22 Å². The Hall–Kier alpha value is 0.214. The lowest BCUT2D eigenvalue weighted by atomic mass is 10.3. The Kier molecular flexibility index (Phi) is 3.82. The molecule has 0 saturated heterocycles. The van der Waals surface area contributed by atoms with Gasteiger partial charge in [-0.25, -0.2) is 0 Å². The highest BCUT2D eigenvalue weighted by Gasteiger charge is 2.50. The molecule has 0 bridgehead atoms. The fourth-order valence-corrected chi connectivity index (χ4v) is 2.41. The maximum absolute atomic E-state index is 13.4. The quantitative estimate of drug-likeness (QED) is 0.454. The molecule has 0 radical (unpaired) electrons. The van der Waals surface area contributed by atoms with Crippen LogP contribution in [0.1, 0.15) is 20.8 Å². The third-order valence-electron chi connectivity index (χ3n) is 1.43. The molecule has 0 amide bonds. The largest absolute Gasteiger partial charge is 0.530 e. The number of rotatable bonds is 3. The second kappa shape index (κ2) is 3.76. The van der Waals surface area contributed by atoms with Crippen LogP contribution in [0.3, 0.4) is 0 Å². The van der Waals surface area contributed by atoms with Gasteiger partial charge in [0.15, 0.2) is 0 Å². The maximum Gasteiger partial charge on any atom is 0.530 e. The standard InChI is InChI=1S/C7H19F2NOSi2/c1-7(2,3)13(8,9)10-11-12(4,5)6/h10H,1-6H3. The van der Waals surface area contributed by atoms with Crippen molar-refractivity contribution in [2.24, 2.45) is 0 Å². The molecule has 0 aliphatic carbocycles. The van der Waals surface area contributed by atoms with Crippen molar-refractivity contribution in [2.75, 3.05) is 0 Å². The van der Waals surface area contributed by atoms with Crippen molar-refractivity contribution in [3.63, 3.8) is 0 Å². The Balaban J connectivity index is 4.21. The molecule has 0 fully saturated rings. The van der Waals surface area contributed by atoms with E-state index in [9.17, 15) is 8.22 Å². The first-order valence-electron chi connectivity index (χ1n) is 4.29. The van der Waals surface area contributed by atoms with E-state index in [4.69, 9.17) is 4.53 Å². The SMILES string of the molecule is CC(C)(C)[Si](F)(F)NO[Si](C)(C)C. The smallest absolute Gasteiger partial charge is 0.348 e. The monoisotopic (exact) mass is 227 g/mol. The lowest BCUT2D eigenvalue weighted by molar-refractivity contribution is 0.212. The van der Waals surface area contributed by atoms with Gasteiger partial charge in [-0.05, 0) is 19.6 Å². The summed E-state index contributed by atoms with van der Waals surface area (Å²) < 4.78 is 31.8. The Morgan fingerprint density at radius 1 is 1.08 bits per heavy atom. The lowest BCUT2D eigenvalue weighted by Crippen LogP contribution is -2.53. The molecule has 0 heterocycles. The summed E-state index contributed by atoms with van der Waals surface area (Å²) in [5, 5.41) is 1.01. The van der Waals surface area contributed by atoms with Crippen molar-refractivity contribution < 1.29 is 12.7 Å². The molecule has 0 rings (SSSR count). The van der Waals surface area contributed by atoms with E-state index in [0.29, 0.717) is 0 Å². The van der Waals surface area contributed by atoms with Crippen molar-refractivity contribution in [2.45, 2.75) is 45.5 Å². The van der Waals surface area contributed by atoms with E-state index in [0.717, 1.165) is 0 Å². The summed E-state index contributed by atoms with van der Waals surface area (Å²) in [6.07, 6.45) is 0. The van der Waals surface area contributed by atoms with Crippen molar-refractivity contribution in [3.05, 3.63) is 0 Å². The van der Waals surface area contributed by atoms with Crippen LogP contribution in [0.25, 0.3) is 0 Å². The van der Waals surface area contributed by atoms with E-state index in [1.807, 2.05) is 24.8 Å². The zero-order valence-electron chi connectivity index (χ0n) is 9.16. The van der Waals surface area contributed by atoms with Crippen LogP contribution in [0.15, 0.2) is 0 Å². The molecule has 0 aliphatic rings. The van der Waals surface area contributed by atoms with E-state index in [2.05, 4.69) is 0 Å². The van der Waals surface area contributed by atoms with Crippen LogP contribution in [0.2, 0.25) is 24.7 Å². The molecule has 0 unspecified atom stereocenters. The molecule has 0 aliphatic heterocycles. The van der Waals surface area contributed by atoms with E-state index in [1.54, 1.807) is 0 Å². The zero-order chi connectivity index (χ0) is 10.9. The average molecular weight is 227 g/mol. The van der Waals surface area contributed by atoms with Crippen molar-refractivity contribution in [1.29, 1.82) is 0 Å². The fourth-order valence-electron chi connectivity index (χ4n) is 0.370. The van der Waals surface area contributed by atoms with Gasteiger partial charge in [0.05, 0.1) is 0 Å². The highest BCUT2D eigenvalue weighted by molar-refractivity contribution is 6.71. The highest BCUT2D eigenvalue weighted by atomic mass is 28.4. The average Bonchev–Trinajstić information content (AvgIpc) is 1.79. The van der Waals surface area contributed by atoms with Crippen LogP contribution < -0.4 is 5.15 Å². The van der Waals surface area contributed by atoms with Gasteiger partial charge in [-0.1, -0.05) is 20.8 Å². The molecular weight excluding hydrogens is 208 g/mol. The summed E-state index contributed by atoms with van der Waals surface area (Å²) in [7, 11) is -6.35. The van der Waals surface area contributed by atoms with Crippen molar-refractivity contribution >= 4 is 17.2 Å². The summed E-state index contributed by atoms with van der Waals surface area (Å²) in [6.45, 7) is 10.2. The minimum Gasteiger partial charge on any atom is -0.348 e. The molecule has 0 aromatic rings. The van der Waals surface area contributed by atoms with Gasteiger partial charge in [0.1, 0.15) is 0 Å². The Labute approximate surface area is 81.2 Å². The minimum atomic E-state index is -4.45. The first-order chi connectivity index (χ1) is 5.46. The molecule has 6 heteroatoms. The molecule has 80 valence electrons. The molecule has 0 aromatic heterocycles. The van der Waals surface area contributed by atoms with Crippen LogP contribution in [0.5, 0.6) is 0 Å². The third kappa shape index (κ3) is 4.85. The second-order valence-electron chi connectivity index (χ2n) is 5.14. The minimum absolute atomic E-state index is 0.993. The van der Waals surface area contributed by atoms with Gasteiger partial charge in [0.2, 0.25) is 8.32 Å². The summed E-state index contributed by atoms with van der Waals surface area (Å²) in [4.78, 5) is 0. The first kappa shape index (κ1) is 13.2. The predicted molar refractivity (Wildman–Crippen MR) is 55.3 cm³/mol. The Morgan fingerprint density at radius 3 is 1.69 bits per heavy atom. The topological polar surface area (TPSA) is 21.3 Å². The first-order valence-corrected chi connectivity index (χ1v) is 9.45. The van der Waals surface area contributed by atoms with Gasteiger partial charge >= 0.3 is 8.90 Å². The second-order valence-corrected chi connectivity index (χ2v) is 12.4. The van der Waals surface area contributed by atoms with Crippen LogP contribution in [-0.4, -0.2) is 17.2 Å². The Bertz CT molecular complexity index is 174. The number of nitrogens with one attached hydrogen (secondary N) is 1. The molecule has 13 heavy (non-hydrogen) atoms. The summed E-state index contributed by atoms with van der Waals surface area (Å²) in [6, 6.07) is 0. The molecule has 0 atom stereocenters. The van der Waals surface area contributed by atoms with E-state index in [1.165, 1.54) is 20.8 Å². The molecule has 0 saturated carbocycles. The van der Waals surface area contributed by atoms with Gasteiger partial charge in [0.25, 0.3) is 0 Å². The summed E-state index contributed by atoms with van der Waals surface area (Å²) >= 11 is 0. The molecular formula is C7H19F2NOSi2. The number of hydrogen-bond donors (Lipinski definition) is 1. The summed E-state index contributed by atoms with van der Waals surface area (Å²) in [5.41, 5.74) is 0. The van der Waals surface area contributed by atoms with Gasteiger partial charge in [-0.3, -0.25) is 8.22 Å². The highest BCUT2D eigenvalue weighted by Crippen LogP contribution is 2.36. The Morgan fingerprint density at radius 2 is 1.46 bits per heavy atom. The number of hydrogen-bond acceptors (Lipinski definition) is 2. The fraction of sp³-hybridized carbons (Fsp3) is 1.00. The predicted octanol–water partition coefficient (Wildman–Crippen LogP) is 3.02. The maximum atomic E-state index is 13.4. The lowest BCUT2D eigenvalue weighted by Gasteiger charge is -2.29. The van der Waals surface area contributed by atoms with E-state index < -0.39 is 22.3 Å². The zero-order valence-corrected chi connectivity index (χ0v) is 11.2. The van der Waals surface area contributed by atoms with Gasteiger partial charge in [0, 0.05) is 5.04 Å². The van der Waals surface area contributed by atoms with Gasteiger partial charge in [-0.2, -0.15) is 5.15 Å².